The van der Waals surface area contributed by atoms with Crippen molar-refractivity contribution in [3.8, 4) is 0 Å². The van der Waals surface area contributed by atoms with Crippen LogP contribution in [0.15, 0.2) is 59.1 Å². The molecule has 98 valence electrons. The van der Waals surface area contributed by atoms with E-state index >= 15 is 0 Å². The predicted octanol–water partition coefficient (Wildman–Crippen LogP) is 4.11. The van der Waals surface area contributed by atoms with E-state index in [0.29, 0.717) is 13.1 Å². The van der Waals surface area contributed by atoms with Gasteiger partial charge in [0.05, 0.1) is 0 Å². The lowest BCUT2D eigenvalue weighted by Crippen LogP contribution is -2.30. The van der Waals surface area contributed by atoms with Gasteiger partial charge in [-0.15, -0.1) is 0 Å². The van der Waals surface area contributed by atoms with E-state index < -0.39 is 0 Å². The number of hydrogen-bond donors (Lipinski definition) is 0. The van der Waals surface area contributed by atoms with Gasteiger partial charge in [-0.1, -0.05) is 46.3 Å². The minimum absolute atomic E-state index is 0.0684. The van der Waals surface area contributed by atoms with E-state index in [9.17, 15) is 4.79 Å². The third kappa shape index (κ3) is 3.67. The molecule has 0 saturated carbocycles. The minimum Gasteiger partial charge on any atom is -0.335 e. The topological polar surface area (TPSA) is 20.3 Å². The van der Waals surface area contributed by atoms with Crippen molar-refractivity contribution in [1.29, 1.82) is 0 Å². The zero-order chi connectivity index (χ0) is 13.7. The van der Waals surface area contributed by atoms with Crippen molar-refractivity contribution in [3.05, 3.63) is 70.2 Å². The first-order valence-electron chi connectivity index (χ1n) is 6.29. The Morgan fingerprint density at radius 1 is 1.05 bits per heavy atom. The average molecular weight is 318 g/mol. The Bertz CT molecular complexity index is 536. The van der Waals surface area contributed by atoms with E-state index in [1.54, 1.807) is 0 Å². The summed E-state index contributed by atoms with van der Waals surface area (Å²) in [6.45, 7) is 3.34. The smallest absolute Gasteiger partial charge is 0.254 e. The SMILES string of the molecule is CCN(Cc1ccccc1)C(=O)c1ccc(Br)cc1. The van der Waals surface area contributed by atoms with E-state index in [4.69, 9.17) is 0 Å². The predicted molar refractivity (Wildman–Crippen MR) is 81.0 cm³/mol. The highest BCUT2D eigenvalue weighted by Crippen LogP contribution is 2.14. The van der Waals surface area contributed by atoms with Crippen LogP contribution in [0.5, 0.6) is 0 Å². The molecule has 2 nitrogen and oxygen atoms in total. The summed E-state index contributed by atoms with van der Waals surface area (Å²) in [6, 6.07) is 17.5. The van der Waals surface area contributed by atoms with Crippen LogP contribution >= 0.6 is 15.9 Å². The maximum Gasteiger partial charge on any atom is 0.254 e. The van der Waals surface area contributed by atoms with Crippen LogP contribution in [0.4, 0.5) is 0 Å². The molecule has 0 atom stereocenters. The number of carbonyl (C=O) groups is 1. The first-order chi connectivity index (χ1) is 9.20. The van der Waals surface area contributed by atoms with Crippen LogP contribution in [0.1, 0.15) is 22.8 Å². The molecule has 0 radical (unpaired) electrons. The van der Waals surface area contributed by atoms with E-state index in [1.165, 1.54) is 0 Å². The third-order valence-electron chi connectivity index (χ3n) is 2.98. The Kier molecular flexibility index (Phi) is 4.74. The molecule has 0 N–H and O–H groups in total. The van der Waals surface area contributed by atoms with Gasteiger partial charge in [0, 0.05) is 23.1 Å². The average Bonchev–Trinajstić information content (AvgIpc) is 2.46. The summed E-state index contributed by atoms with van der Waals surface area (Å²) < 4.78 is 0.982. The first-order valence-corrected chi connectivity index (χ1v) is 7.08. The molecular formula is C16H16BrNO. The van der Waals surface area contributed by atoms with Crippen molar-refractivity contribution in [2.45, 2.75) is 13.5 Å². The molecule has 0 spiro atoms. The Morgan fingerprint density at radius 3 is 2.26 bits per heavy atom. The number of halogens is 1. The number of nitrogens with zero attached hydrogens (tertiary/aromatic N) is 1. The number of carbonyl (C=O) groups excluding carboxylic acids is 1. The zero-order valence-corrected chi connectivity index (χ0v) is 12.4. The standard InChI is InChI=1S/C16H16BrNO/c1-2-18(12-13-6-4-3-5-7-13)16(19)14-8-10-15(17)11-9-14/h3-11H,2,12H2,1H3. The molecular weight excluding hydrogens is 302 g/mol. The van der Waals surface area contributed by atoms with Gasteiger partial charge in [-0.25, -0.2) is 0 Å². The van der Waals surface area contributed by atoms with Crippen LogP contribution in [0.3, 0.4) is 0 Å². The van der Waals surface area contributed by atoms with Crippen LogP contribution in [0, 0.1) is 0 Å². The van der Waals surface area contributed by atoms with Crippen LogP contribution < -0.4 is 0 Å². The molecule has 0 aromatic heterocycles. The molecule has 2 aromatic carbocycles. The van der Waals surface area contributed by atoms with Crippen molar-refractivity contribution >= 4 is 21.8 Å². The summed E-state index contributed by atoms with van der Waals surface area (Å²) in [7, 11) is 0. The second-order valence-electron chi connectivity index (χ2n) is 4.31. The highest BCUT2D eigenvalue weighted by atomic mass is 79.9. The summed E-state index contributed by atoms with van der Waals surface area (Å²) in [5, 5.41) is 0. The maximum atomic E-state index is 12.4. The number of hydrogen-bond acceptors (Lipinski definition) is 1. The molecule has 0 saturated heterocycles. The molecule has 0 bridgehead atoms. The molecule has 3 heteroatoms. The quantitative estimate of drug-likeness (QED) is 0.831. The van der Waals surface area contributed by atoms with Crippen molar-refractivity contribution in [3.63, 3.8) is 0 Å². The van der Waals surface area contributed by atoms with Crippen molar-refractivity contribution in [2.75, 3.05) is 6.54 Å². The lowest BCUT2D eigenvalue weighted by molar-refractivity contribution is 0.0752. The summed E-state index contributed by atoms with van der Waals surface area (Å²) >= 11 is 3.38. The fourth-order valence-corrected chi connectivity index (χ4v) is 2.17. The largest absolute Gasteiger partial charge is 0.335 e. The maximum absolute atomic E-state index is 12.4. The van der Waals surface area contributed by atoms with Gasteiger partial charge in [-0.3, -0.25) is 4.79 Å². The number of benzene rings is 2. The summed E-state index contributed by atoms with van der Waals surface area (Å²) in [5.41, 5.74) is 1.87. The second kappa shape index (κ2) is 6.53. The number of rotatable bonds is 4. The molecule has 0 aliphatic rings. The molecule has 0 unspecified atom stereocenters. The van der Waals surface area contributed by atoms with Gasteiger partial charge in [-0.05, 0) is 36.8 Å². The highest BCUT2D eigenvalue weighted by molar-refractivity contribution is 9.10. The van der Waals surface area contributed by atoms with Gasteiger partial charge < -0.3 is 4.90 Å². The molecule has 0 aliphatic carbocycles. The van der Waals surface area contributed by atoms with Gasteiger partial charge in [0.1, 0.15) is 0 Å². The Morgan fingerprint density at radius 2 is 1.68 bits per heavy atom. The fourth-order valence-electron chi connectivity index (χ4n) is 1.91. The van der Waals surface area contributed by atoms with Gasteiger partial charge in [0.2, 0.25) is 0 Å². The minimum atomic E-state index is 0.0684. The van der Waals surface area contributed by atoms with Crippen LogP contribution in [-0.4, -0.2) is 17.4 Å². The normalized spacial score (nSPS) is 10.2. The van der Waals surface area contributed by atoms with E-state index in [0.717, 1.165) is 15.6 Å². The molecule has 0 aliphatic heterocycles. The Balaban J connectivity index is 2.13. The summed E-state index contributed by atoms with van der Waals surface area (Å²) in [6.07, 6.45) is 0. The molecule has 0 fully saturated rings. The van der Waals surface area contributed by atoms with Crippen LogP contribution in [0.25, 0.3) is 0 Å². The zero-order valence-electron chi connectivity index (χ0n) is 10.8. The summed E-state index contributed by atoms with van der Waals surface area (Å²) in [5.74, 6) is 0.0684. The Hall–Kier alpha value is -1.61. The van der Waals surface area contributed by atoms with Crippen LogP contribution in [-0.2, 0) is 6.54 Å². The fraction of sp³-hybridized carbons (Fsp3) is 0.188. The Labute approximate surface area is 122 Å². The highest BCUT2D eigenvalue weighted by Gasteiger charge is 2.14. The van der Waals surface area contributed by atoms with Gasteiger partial charge in [-0.2, -0.15) is 0 Å². The first kappa shape index (κ1) is 13.8. The molecule has 2 rings (SSSR count). The molecule has 0 heterocycles. The van der Waals surface area contributed by atoms with E-state index in [-0.39, 0.29) is 5.91 Å². The van der Waals surface area contributed by atoms with E-state index in [1.807, 2.05) is 66.4 Å². The van der Waals surface area contributed by atoms with Gasteiger partial charge in [0.15, 0.2) is 0 Å². The lowest BCUT2D eigenvalue weighted by Gasteiger charge is -2.21. The van der Waals surface area contributed by atoms with E-state index in [2.05, 4.69) is 15.9 Å². The second-order valence-corrected chi connectivity index (χ2v) is 5.23. The van der Waals surface area contributed by atoms with Crippen molar-refractivity contribution in [1.82, 2.24) is 4.90 Å². The monoisotopic (exact) mass is 317 g/mol. The molecule has 2 aromatic rings. The van der Waals surface area contributed by atoms with Gasteiger partial charge in [0.25, 0.3) is 5.91 Å². The van der Waals surface area contributed by atoms with Crippen LogP contribution in [0.2, 0.25) is 0 Å². The number of amides is 1. The van der Waals surface area contributed by atoms with Crippen molar-refractivity contribution in [2.24, 2.45) is 0 Å². The van der Waals surface area contributed by atoms with Gasteiger partial charge >= 0.3 is 0 Å². The van der Waals surface area contributed by atoms with Crippen molar-refractivity contribution < 1.29 is 4.79 Å². The summed E-state index contributed by atoms with van der Waals surface area (Å²) in [4.78, 5) is 14.2. The molecule has 19 heavy (non-hydrogen) atoms. The third-order valence-corrected chi connectivity index (χ3v) is 3.51. The lowest BCUT2D eigenvalue weighted by atomic mass is 10.1. The molecule has 1 amide bonds.